The molecule has 0 aliphatic rings. The molecule has 27 heavy (non-hydrogen) atoms. The molecule has 9 heteroatoms. The number of anilines is 2. The third kappa shape index (κ3) is 3.96. The Kier molecular flexibility index (Phi) is 4.95. The quantitative estimate of drug-likeness (QED) is 0.697. The lowest BCUT2D eigenvalue weighted by atomic mass is 10.1. The van der Waals surface area contributed by atoms with E-state index in [-0.39, 0.29) is 5.65 Å². The minimum atomic E-state index is -4.62. The molecule has 3 rings (SSSR count). The standard InChI is InChI=1S/C18H21F3N6/c1-10(2)23-14-7-5-6-13(8-14)9-22-15-11(3)12(4)16-24-25-17(18(19,20)21)27(16)26-15/h5-8,10,23H,9H2,1-4H3,(H,22,26). The van der Waals surface area contributed by atoms with Crippen LogP contribution in [0.3, 0.4) is 0 Å². The van der Waals surface area contributed by atoms with E-state index >= 15 is 0 Å². The zero-order valence-corrected chi connectivity index (χ0v) is 15.5. The predicted octanol–water partition coefficient (Wildman–Crippen LogP) is 4.19. The van der Waals surface area contributed by atoms with Crippen LogP contribution >= 0.6 is 0 Å². The van der Waals surface area contributed by atoms with Gasteiger partial charge < -0.3 is 10.6 Å². The summed E-state index contributed by atoms with van der Waals surface area (Å²) < 4.78 is 40.1. The molecule has 0 spiro atoms. The van der Waals surface area contributed by atoms with Gasteiger partial charge in [0.1, 0.15) is 0 Å². The van der Waals surface area contributed by atoms with Gasteiger partial charge in [-0.25, -0.2) is 0 Å². The van der Waals surface area contributed by atoms with Crippen LogP contribution in [0, 0.1) is 13.8 Å². The molecule has 0 amide bonds. The summed E-state index contributed by atoms with van der Waals surface area (Å²) in [5.41, 5.74) is 3.41. The number of halogens is 3. The summed E-state index contributed by atoms with van der Waals surface area (Å²) in [7, 11) is 0. The van der Waals surface area contributed by atoms with E-state index < -0.39 is 12.0 Å². The average molecular weight is 378 g/mol. The zero-order chi connectivity index (χ0) is 19.8. The topological polar surface area (TPSA) is 67.1 Å². The Morgan fingerprint density at radius 2 is 1.85 bits per heavy atom. The fourth-order valence-electron chi connectivity index (χ4n) is 2.76. The maximum absolute atomic E-state index is 13.1. The van der Waals surface area contributed by atoms with Crippen molar-refractivity contribution in [1.82, 2.24) is 19.8 Å². The normalized spacial score (nSPS) is 12.0. The second-order valence-corrected chi connectivity index (χ2v) is 6.71. The molecule has 0 bridgehead atoms. The monoisotopic (exact) mass is 378 g/mol. The number of aryl methyl sites for hydroxylation is 1. The van der Waals surface area contributed by atoms with Gasteiger partial charge in [0, 0.05) is 23.8 Å². The van der Waals surface area contributed by atoms with Crippen molar-refractivity contribution >= 4 is 17.2 Å². The van der Waals surface area contributed by atoms with Gasteiger partial charge in [-0.05, 0) is 51.0 Å². The van der Waals surface area contributed by atoms with Gasteiger partial charge in [0.15, 0.2) is 11.5 Å². The Labute approximate surface area is 154 Å². The lowest BCUT2D eigenvalue weighted by molar-refractivity contribution is -0.146. The van der Waals surface area contributed by atoms with Gasteiger partial charge in [0.2, 0.25) is 0 Å². The van der Waals surface area contributed by atoms with Gasteiger partial charge in [-0.2, -0.15) is 17.7 Å². The molecule has 2 aromatic heterocycles. The Morgan fingerprint density at radius 3 is 2.52 bits per heavy atom. The summed E-state index contributed by atoms with van der Waals surface area (Å²) in [6.07, 6.45) is -4.62. The molecule has 0 aliphatic carbocycles. The Bertz CT molecular complexity index is 962. The first-order chi connectivity index (χ1) is 12.7. The molecule has 0 fully saturated rings. The number of hydrogen-bond acceptors (Lipinski definition) is 5. The highest BCUT2D eigenvalue weighted by atomic mass is 19.4. The highest BCUT2D eigenvalue weighted by Crippen LogP contribution is 2.29. The van der Waals surface area contributed by atoms with Crippen LogP contribution in [0.15, 0.2) is 24.3 Å². The molecule has 144 valence electrons. The van der Waals surface area contributed by atoms with Crippen LogP contribution in [-0.2, 0) is 12.7 Å². The highest BCUT2D eigenvalue weighted by molar-refractivity contribution is 5.58. The van der Waals surface area contributed by atoms with E-state index in [0.29, 0.717) is 24.0 Å². The van der Waals surface area contributed by atoms with Crippen molar-refractivity contribution < 1.29 is 13.2 Å². The van der Waals surface area contributed by atoms with E-state index in [9.17, 15) is 13.2 Å². The molecule has 0 unspecified atom stereocenters. The van der Waals surface area contributed by atoms with Crippen molar-refractivity contribution in [2.24, 2.45) is 0 Å². The molecule has 0 aliphatic heterocycles. The van der Waals surface area contributed by atoms with Gasteiger partial charge >= 0.3 is 6.18 Å². The summed E-state index contributed by atoms with van der Waals surface area (Å²) in [6.45, 7) is 8.03. The van der Waals surface area contributed by atoms with E-state index in [4.69, 9.17) is 0 Å². The molecular weight excluding hydrogens is 357 g/mol. The highest BCUT2D eigenvalue weighted by Gasteiger charge is 2.38. The van der Waals surface area contributed by atoms with Crippen LogP contribution in [0.2, 0.25) is 0 Å². The lowest BCUT2D eigenvalue weighted by Crippen LogP contribution is -2.15. The number of rotatable bonds is 5. The van der Waals surface area contributed by atoms with Crippen LogP contribution in [0.1, 0.15) is 36.4 Å². The minimum absolute atomic E-state index is 0.105. The van der Waals surface area contributed by atoms with E-state index in [1.807, 2.05) is 38.1 Å². The number of hydrogen-bond donors (Lipinski definition) is 2. The number of nitrogens with zero attached hydrogens (tertiary/aromatic N) is 4. The SMILES string of the molecule is Cc1c(NCc2cccc(NC(C)C)c2)nn2c(C(F)(F)F)nnc2c1C. The van der Waals surface area contributed by atoms with Gasteiger partial charge in [-0.1, -0.05) is 12.1 Å². The molecule has 0 radical (unpaired) electrons. The van der Waals surface area contributed by atoms with Gasteiger partial charge in [-0.3, -0.25) is 0 Å². The van der Waals surface area contributed by atoms with Crippen molar-refractivity contribution in [1.29, 1.82) is 0 Å². The molecule has 2 heterocycles. The first-order valence-corrected chi connectivity index (χ1v) is 8.56. The average Bonchev–Trinajstić information content (AvgIpc) is 3.01. The van der Waals surface area contributed by atoms with Crippen molar-refractivity contribution in [3.63, 3.8) is 0 Å². The van der Waals surface area contributed by atoms with Crippen LogP contribution in [0.25, 0.3) is 5.65 Å². The number of alkyl halides is 3. The van der Waals surface area contributed by atoms with E-state index in [0.717, 1.165) is 21.3 Å². The first-order valence-electron chi connectivity index (χ1n) is 8.56. The number of benzene rings is 1. The second-order valence-electron chi connectivity index (χ2n) is 6.71. The summed E-state index contributed by atoms with van der Waals surface area (Å²) in [5.74, 6) is -0.765. The zero-order valence-electron chi connectivity index (χ0n) is 15.5. The molecule has 3 aromatic rings. The molecule has 0 saturated carbocycles. The predicted molar refractivity (Wildman–Crippen MR) is 97.8 cm³/mol. The maximum Gasteiger partial charge on any atom is 0.453 e. The second kappa shape index (κ2) is 7.05. The largest absolute Gasteiger partial charge is 0.453 e. The Morgan fingerprint density at radius 1 is 1.11 bits per heavy atom. The van der Waals surface area contributed by atoms with Crippen molar-refractivity contribution in [3.8, 4) is 0 Å². The van der Waals surface area contributed by atoms with E-state index in [1.54, 1.807) is 13.8 Å². The molecular formula is C18H21F3N6. The minimum Gasteiger partial charge on any atom is -0.383 e. The molecule has 1 aromatic carbocycles. The lowest BCUT2D eigenvalue weighted by Gasteiger charge is -2.14. The summed E-state index contributed by atoms with van der Waals surface area (Å²) in [6, 6.07) is 8.14. The van der Waals surface area contributed by atoms with E-state index in [2.05, 4.69) is 25.9 Å². The molecule has 0 saturated heterocycles. The summed E-state index contributed by atoms with van der Waals surface area (Å²) >= 11 is 0. The molecule has 2 N–H and O–H groups in total. The van der Waals surface area contributed by atoms with Gasteiger partial charge in [0.05, 0.1) is 0 Å². The fourth-order valence-corrected chi connectivity index (χ4v) is 2.76. The van der Waals surface area contributed by atoms with Crippen LogP contribution in [-0.4, -0.2) is 25.9 Å². The Hall–Kier alpha value is -2.84. The van der Waals surface area contributed by atoms with E-state index in [1.165, 1.54) is 0 Å². The number of fused-ring (bicyclic) bond motifs is 1. The van der Waals surface area contributed by atoms with Crippen LogP contribution in [0.4, 0.5) is 24.7 Å². The van der Waals surface area contributed by atoms with Crippen molar-refractivity contribution in [3.05, 3.63) is 46.8 Å². The third-order valence-electron chi connectivity index (χ3n) is 4.19. The summed E-state index contributed by atoms with van der Waals surface area (Å²) in [4.78, 5) is 0. The summed E-state index contributed by atoms with van der Waals surface area (Å²) in [5, 5.41) is 17.4. The van der Waals surface area contributed by atoms with Crippen LogP contribution < -0.4 is 10.6 Å². The van der Waals surface area contributed by atoms with Crippen LogP contribution in [0.5, 0.6) is 0 Å². The molecule has 6 nitrogen and oxygen atoms in total. The first kappa shape index (κ1) is 18.9. The fraction of sp³-hybridized carbons (Fsp3) is 0.389. The van der Waals surface area contributed by atoms with Gasteiger partial charge in [0.25, 0.3) is 5.82 Å². The van der Waals surface area contributed by atoms with Gasteiger partial charge in [-0.15, -0.1) is 15.3 Å². The smallest absolute Gasteiger partial charge is 0.383 e. The Balaban J connectivity index is 1.90. The maximum atomic E-state index is 13.1. The van der Waals surface area contributed by atoms with Crippen molar-refractivity contribution in [2.45, 2.75) is 46.5 Å². The number of nitrogens with one attached hydrogen (secondary N) is 2. The van der Waals surface area contributed by atoms with Crippen molar-refractivity contribution in [2.75, 3.05) is 10.6 Å². The number of aromatic nitrogens is 4. The third-order valence-corrected chi connectivity index (χ3v) is 4.19. The molecule has 0 atom stereocenters.